The summed E-state index contributed by atoms with van der Waals surface area (Å²) in [6.07, 6.45) is 11.9. The molecule has 24 heavy (non-hydrogen) atoms. The van der Waals surface area contributed by atoms with Crippen LogP contribution in [0.4, 0.5) is 5.82 Å². The van der Waals surface area contributed by atoms with E-state index in [0.29, 0.717) is 18.0 Å². The minimum atomic E-state index is 0.0493. The van der Waals surface area contributed by atoms with Crippen LogP contribution < -0.4 is 4.90 Å². The molecule has 2 aliphatic heterocycles. The fraction of sp³-hybridized carbons (Fsp3) is 0.722. The minimum Gasteiger partial charge on any atom is -0.324 e. The Hall–Kier alpha value is -1.85. The van der Waals surface area contributed by atoms with E-state index < -0.39 is 0 Å². The molecular formula is C18H25N5O. The number of fused-ring (bicyclic) bond motifs is 5. The van der Waals surface area contributed by atoms with Gasteiger partial charge in [0.15, 0.2) is 11.5 Å². The molecule has 2 aliphatic carbocycles. The number of anilines is 1. The zero-order chi connectivity index (χ0) is 16.3. The van der Waals surface area contributed by atoms with Crippen molar-refractivity contribution in [2.75, 3.05) is 11.9 Å². The van der Waals surface area contributed by atoms with Gasteiger partial charge in [-0.2, -0.15) is 0 Å². The molecule has 4 aliphatic rings. The number of guanidine groups is 1. The standard InChI is InChI=1S/C18H25N5O/c1-21-17(24)15-16(23-14-9-5-8-13(14)20-18(21)23)19-11-22(15)10-12-6-3-2-4-7-12/h11-14H,2-10H2,1H3/t13-,14+/m1/s1. The lowest BCUT2D eigenvalue weighted by atomic mass is 9.89. The molecule has 6 nitrogen and oxygen atoms in total. The average Bonchev–Trinajstić information content (AvgIpc) is 3.27. The quantitative estimate of drug-likeness (QED) is 0.839. The third-order valence-corrected chi connectivity index (χ3v) is 6.31. The van der Waals surface area contributed by atoms with Gasteiger partial charge in [-0.1, -0.05) is 19.3 Å². The van der Waals surface area contributed by atoms with Crippen LogP contribution in [0, 0.1) is 5.92 Å². The second-order valence-electron chi connectivity index (χ2n) is 7.80. The second kappa shape index (κ2) is 5.33. The van der Waals surface area contributed by atoms with E-state index in [4.69, 9.17) is 4.99 Å². The highest BCUT2D eigenvalue weighted by atomic mass is 16.2. The van der Waals surface area contributed by atoms with E-state index in [-0.39, 0.29) is 5.91 Å². The van der Waals surface area contributed by atoms with Crippen molar-refractivity contribution >= 4 is 17.7 Å². The van der Waals surface area contributed by atoms with E-state index in [0.717, 1.165) is 36.9 Å². The Morgan fingerprint density at radius 3 is 2.79 bits per heavy atom. The Bertz CT molecular complexity index is 702. The van der Waals surface area contributed by atoms with Crippen LogP contribution >= 0.6 is 0 Å². The second-order valence-corrected chi connectivity index (χ2v) is 7.80. The smallest absolute Gasteiger partial charge is 0.280 e. The first-order chi connectivity index (χ1) is 11.7. The van der Waals surface area contributed by atoms with Crippen molar-refractivity contribution in [1.82, 2.24) is 14.5 Å². The highest BCUT2D eigenvalue weighted by Gasteiger charge is 2.48. The van der Waals surface area contributed by atoms with Gasteiger partial charge in [0.1, 0.15) is 0 Å². The van der Waals surface area contributed by atoms with Gasteiger partial charge < -0.3 is 4.57 Å². The lowest BCUT2D eigenvalue weighted by molar-refractivity contribution is 0.0852. The number of imidazole rings is 1. The normalized spacial score (nSPS) is 29.5. The number of hydrogen-bond acceptors (Lipinski definition) is 4. The van der Waals surface area contributed by atoms with Gasteiger partial charge in [-0.25, -0.2) is 9.98 Å². The molecule has 0 aromatic carbocycles. The average molecular weight is 327 g/mol. The van der Waals surface area contributed by atoms with E-state index in [1.165, 1.54) is 38.5 Å². The summed E-state index contributed by atoms with van der Waals surface area (Å²) >= 11 is 0. The summed E-state index contributed by atoms with van der Waals surface area (Å²) in [4.78, 5) is 26.4. The van der Waals surface area contributed by atoms with Crippen molar-refractivity contribution in [2.45, 2.75) is 70.0 Å². The van der Waals surface area contributed by atoms with Crippen molar-refractivity contribution in [3.05, 3.63) is 12.0 Å². The summed E-state index contributed by atoms with van der Waals surface area (Å²) in [5.41, 5.74) is 0.773. The van der Waals surface area contributed by atoms with Gasteiger partial charge in [0.2, 0.25) is 5.96 Å². The van der Waals surface area contributed by atoms with E-state index in [1.54, 1.807) is 4.90 Å². The van der Waals surface area contributed by atoms with Gasteiger partial charge in [0.25, 0.3) is 5.91 Å². The van der Waals surface area contributed by atoms with Crippen LogP contribution in [0.3, 0.4) is 0 Å². The Labute approximate surface area is 142 Å². The first-order valence-electron chi connectivity index (χ1n) is 9.44. The number of nitrogens with zero attached hydrogens (tertiary/aromatic N) is 5. The van der Waals surface area contributed by atoms with Gasteiger partial charge in [0, 0.05) is 13.6 Å². The number of carbonyl (C=O) groups excluding carboxylic acids is 1. The molecule has 0 N–H and O–H groups in total. The summed E-state index contributed by atoms with van der Waals surface area (Å²) in [6, 6.07) is 0.733. The molecule has 0 saturated heterocycles. The third kappa shape index (κ3) is 1.98. The van der Waals surface area contributed by atoms with E-state index >= 15 is 0 Å². The van der Waals surface area contributed by atoms with Crippen LogP contribution in [-0.2, 0) is 6.54 Å². The number of hydrogen-bond donors (Lipinski definition) is 0. The zero-order valence-electron chi connectivity index (χ0n) is 14.3. The summed E-state index contributed by atoms with van der Waals surface area (Å²) in [7, 11) is 1.86. The first-order valence-corrected chi connectivity index (χ1v) is 9.44. The first kappa shape index (κ1) is 14.5. The molecule has 2 saturated carbocycles. The van der Waals surface area contributed by atoms with Crippen molar-refractivity contribution in [2.24, 2.45) is 10.9 Å². The van der Waals surface area contributed by atoms with E-state index in [2.05, 4.69) is 14.5 Å². The van der Waals surface area contributed by atoms with Crippen LogP contribution in [0.2, 0.25) is 0 Å². The summed E-state index contributed by atoms with van der Waals surface area (Å²) in [6.45, 7) is 0.927. The molecule has 1 amide bonds. The maximum atomic E-state index is 13.0. The molecule has 0 unspecified atom stereocenters. The Kier molecular flexibility index (Phi) is 3.22. The van der Waals surface area contributed by atoms with Gasteiger partial charge in [-0.05, 0) is 38.0 Å². The Morgan fingerprint density at radius 2 is 1.96 bits per heavy atom. The molecule has 0 bridgehead atoms. The predicted molar refractivity (Wildman–Crippen MR) is 92.2 cm³/mol. The topological polar surface area (TPSA) is 53.7 Å². The number of carbonyl (C=O) groups is 1. The highest BCUT2D eigenvalue weighted by molar-refractivity contribution is 6.18. The Morgan fingerprint density at radius 1 is 1.12 bits per heavy atom. The maximum Gasteiger partial charge on any atom is 0.280 e. The van der Waals surface area contributed by atoms with Gasteiger partial charge in [-0.15, -0.1) is 0 Å². The number of aromatic nitrogens is 2. The molecular weight excluding hydrogens is 302 g/mol. The number of aliphatic imine (C=N–C) groups is 1. The van der Waals surface area contributed by atoms with Gasteiger partial charge >= 0.3 is 0 Å². The van der Waals surface area contributed by atoms with Crippen molar-refractivity contribution < 1.29 is 4.79 Å². The van der Waals surface area contributed by atoms with Gasteiger partial charge in [0.05, 0.1) is 18.4 Å². The minimum absolute atomic E-state index is 0.0493. The van der Waals surface area contributed by atoms with Crippen molar-refractivity contribution in [3.8, 4) is 0 Å². The molecule has 3 heterocycles. The molecule has 6 heteroatoms. The SMILES string of the molecule is CN1C(=O)c2c(ncn2CC2CCCCC2)N2C1=N[C@@H]1CCC[C@@H]12. The summed E-state index contributed by atoms with van der Waals surface area (Å²) in [5.74, 6) is 2.39. The van der Waals surface area contributed by atoms with Crippen LogP contribution in [0.5, 0.6) is 0 Å². The molecule has 2 atom stereocenters. The lowest BCUT2D eigenvalue weighted by Gasteiger charge is -2.34. The van der Waals surface area contributed by atoms with Crippen LogP contribution in [0.1, 0.15) is 61.9 Å². The highest BCUT2D eigenvalue weighted by Crippen LogP contribution is 2.40. The van der Waals surface area contributed by atoms with Crippen molar-refractivity contribution in [3.63, 3.8) is 0 Å². The molecule has 2 fully saturated rings. The molecule has 0 spiro atoms. The molecule has 5 rings (SSSR count). The van der Waals surface area contributed by atoms with E-state index in [9.17, 15) is 4.79 Å². The zero-order valence-corrected chi connectivity index (χ0v) is 14.3. The predicted octanol–water partition coefficient (Wildman–Crippen LogP) is 2.65. The summed E-state index contributed by atoms with van der Waals surface area (Å²) in [5, 5.41) is 0. The maximum absolute atomic E-state index is 13.0. The largest absolute Gasteiger partial charge is 0.324 e. The number of amides is 1. The summed E-state index contributed by atoms with van der Waals surface area (Å²) < 4.78 is 2.11. The lowest BCUT2D eigenvalue weighted by Crippen LogP contribution is -2.51. The van der Waals surface area contributed by atoms with Crippen LogP contribution in [0.25, 0.3) is 0 Å². The molecule has 0 radical (unpaired) electrons. The van der Waals surface area contributed by atoms with Crippen LogP contribution in [-0.4, -0.2) is 45.4 Å². The fourth-order valence-corrected chi connectivity index (χ4v) is 5.03. The molecule has 1 aromatic heterocycles. The van der Waals surface area contributed by atoms with Crippen molar-refractivity contribution in [1.29, 1.82) is 0 Å². The fourth-order valence-electron chi connectivity index (χ4n) is 5.03. The Balaban J connectivity index is 1.51. The third-order valence-electron chi connectivity index (χ3n) is 6.31. The monoisotopic (exact) mass is 327 g/mol. The number of rotatable bonds is 2. The molecule has 1 aromatic rings. The van der Waals surface area contributed by atoms with E-state index in [1.807, 2.05) is 13.4 Å². The van der Waals surface area contributed by atoms with Gasteiger partial charge in [-0.3, -0.25) is 14.6 Å². The molecule has 128 valence electrons. The van der Waals surface area contributed by atoms with Crippen LogP contribution in [0.15, 0.2) is 11.3 Å².